The van der Waals surface area contributed by atoms with Gasteiger partial charge in [-0.1, -0.05) is 24.6 Å². The number of carbonyl (C=O) groups is 1. The van der Waals surface area contributed by atoms with Crippen molar-refractivity contribution in [2.75, 3.05) is 23.7 Å². The van der Waals surface area contributed by atoms with Crippen molar-refractivity contribution in [2.24, 2.45) is 0 Å². The average molecular weight is 442 g/mol. The fraction of sp³-hybridized carbons (Fsp3) is 0.370. The number of imidazole rings is 1. The second-order valence-corrected chi connectivity index (χ2v) is 9.00. The van der Waals surface area contributed by atoms with Gasteiger partial charge in [0.15, 0.2) is 11.6 Å². The number of nitrogens with zero attached hydrogens (tertiary/aromatic N) is 4. The second kappa shape index (κ2) is 9.22. The molecule has 2 aromatic heterocycles. The first-order valence-corrected chi connectivity index (χ1v) is 12.0. The van der Waals surface area contributed by atoms with Crippen LogP contribution >= 0.6 is 0 Å². The van der Waals surface area contributed by atoms with E-state index in [-0.39, 0.29) is 5.78 Å². The van der Waals surface area contributed by atoms with Crippen LogP contribution in [0, 0.1) is 6.92 Å². The van der Waals surface area contributed by atoms with Crippen LogP contribution in [0.3, 0.4) is 0 Å². The van der Waals surface area contributed by atoms with Crippen molar-refractivity contribution in [2.45, 2.75) is 52.0 Å². The molecule has 6 nitrogen and oxygen atoms in total. The molecule has 0 spiro atoms. The lowest BCUT2D eigenvalue weighted by Crippen LogP contribution is -2.17. The van der Waals surface area contributed by atoms with E-state index in [1.54, 1.807) is 0 Å². The third-order valence-electron chi connectivity index (χ3n) is 6.75. The number of carbonyl (C=O) groups excluding carboxylic acids is 1. The molecule has 1 saturated heterocycles. The molecule has 170 valence electrons. The molecule has 2 N–H and O–H groups in total. The molecular weight excluding hydrogens is 410 g/mol. The molecular formula is C27H31N5O. The zero-order valence-corrected chi connectivity index (χ0v) is 19.3. The molecule has 6 heteroatoms. The number of para-hydroxylation sites is 1. The number of benzene rings is 2. The highest BCUT2D eigenvalue weighted by atomic mass is 16.1. The largest absolute Gasteiger partial charge is 0.382 e. The fourth-order valence-electron chi connectivity index (χ4n) is 4.95. The van der Waals surface area contributed by atoms with Gasteiger partial charge < -0.3 is 15.2 Å². The Kier molecular flexibility index (Phi) is 5.99. The molecule has 1 aliphatic rings. The summed E-state index contributed by atoms with van der Waals surface area (Å²) in [6, 6.07) is 16.2. The number of rotatable bonds is 8. The van der Waals surface area contributed by atoms with Gasteiger partial charge in [-0.3, -0.25) is 4.79 Å². The van der Waals surface area contributed by atoms with Crippen LogP contribution < -0.4 is 10.6 Å². The van der Waals surface area contributed by atoms with Gasteiger partial charge in [0.05, 0.1) is 11.0 Å². The number of aromatic nitrogens is 3. The number of nitrogen functional groups attached to an aromatic ring is 1. The fourth-order valence-corrected chi connectivity index (χ4v) is 4.95. The van der Waals surface area contributed by atoms with E-state index in [4.69, 9.17) is 5.73 Å². The van der Waals surface area contributed by atoms with Gasteiger partial charge in [-0.05, 0) is 62.9 Å². The molecule has 3 heterocycles. The Bertz CT molecular complexity index is 1290. The Balaban J connectivity index is 1.19. The van der Waals surface area contributed by atoms with Gasteiger partial charge in [-0.15, -0.1) is 0 Å². The highest BCUT2D eigenvalue weighted by Crippen LogP contribution is 2.29. The maximum absolute atomic E-state index is 12.6. The number of unbranched alkanes of at least 4 members (excludes halogenated alkanes) is 2. The van der Waals surface area contributed by atoms with Crippen LogP contribution in [0.15, 0.2) is 48.5 Å². The Hall–Kier alpha value is -3.41. The molecule has 1 fully saturated rings. The van der Waals surface area contributed by atoms with Crippen molar-refractivity contribution in [1.29, 1.82) is 0 Å². The average Bonchev–Trinajstić information content (AvgIpc) is 3.48. The maximum Gasteiger partial charge on any atom is 0.162 e. The standard InChI is InChI=1S/C27H31N5O/c1-19-29-25-26(22-9-4-5-10-23(22)30-27(25)28)32(19)18-6-2-3-11-24(33)20-12-14-21(15-13-20)31-16-7-8-17-31/h4-5,9-10,12-15H,2-3,6-8,11,16-18H2,1H3,(H2,28,30). The van der Waals surface area contributed by atoms with Crippen molar-refractivity contribution >= 4 is 39.2 Å². The summed E-state index contributed by atoms with van der Waals surface area (Å²) in [6.45, 7) is 5.12. The number of hydrogen-bond acceptors (Lipinski definition) is 5. The van der Waals surface area contributed by atoms with Gasteiger partial charge in [-0.2, -0.15) is 0 Å². The molecule has 1 aliphatic heterocycles. The lowest BCUT2D eigenvalue weighted by Gasteiger charge is -2.17. The molecule has 33 heavy (non-hydrogen) atoms. The van der Waals surface area contributed by atoms with Crippen LogP contribution in [0.4, 0.5) is 11.5 Å². The van der Waals surface area contributed by atoms with E-state index in [2.05, 4.69) is 37.6 Å². The van der Waals surface area contributed by atoms with Crippen molar-refractivity contribution < 1.29 is 4.79 Å². The van der Waals surface area contributed by atoms with Gasteiger partial charge in [0.25, 0.3) is 0 Å². The molecule has 4 aromatic rings. The summed E-state index contributed by atoms with van der Waals surface area (Å²) in [7, 11) is 0. The highest BCUT2D eigenvalue weighted by Gasteiger charge is 2.15. The van der Waals surface area contributed by atoms with E-state index >= 15 is 0 Å². The number of anilines is 2. The van der Waals surface area contributed by atoms with Crippen molar-refractivity contribution in [3.63, 3.8) is 0 Å². The van der Waals surface area contributed by atoms with Crippen molar-refractivity contribution in [3.8, 4) is 0 Å². The summed E-state index contributed by atoms with van der Waals surface area (Å²) in [5, 5.41) is 1.08. The van der Waals surface area contributed by atoms with Crippen LogP contribution in [0.5, 0.6) is 0 Å². The number of hydrogen-bond donors (Lipinski definition) is 1. The SMILES string of the molecule is Cc1nc2c(N)nc3ccccc3c2n1CCCCCC(=O)c1ccc(N2CCCC2)cc1. The second-order valence-electron chi connectivity index (χ2n) is 9.00. The van der Waals surface area contributed by atoms with E-state index in [0.29, 0.717) is 12.2 Å². The zero-order chi connectivity index (χ0) is 22.8. The molecule has 0 atom stereocenters. The Labute approximate surface area is 194 Å². The van der Waals surface area contributed by atoms with Gasteiger partial charge in [0.2, 0.25) is 0 Å². The van der Waals surface area contributed by atoms with Gasteiger partial charge in [0.1, 0.15) is 11.3 Å². The van der Waals surface area contributed by atoms with Crippen LogP contribution in [0.1, 0.15) is 54.7 Å². The van der Waals surface area contributed by atoms with Crippen molar-refractivity contribution in [3.05, 3.63) is 59.9 Å². The first-order valence-electron chi connectivity index (χ1n) is 12.0. The summed E-state index contributed by atoms with van der Waals surface area (Å²) >= 11 is 0. The maximum atomic E-state index is 12.6. The normalized spacial score (nSPS) is 13.9. The predicted molar refractivity (Wildman–Crippen MR) is 135 cm³/mol. The molecule has 2 aromatic carbocycles. The lowest BCUT2D eigenvalue weighted by atomic mass is 10.0. The summed E-state index contributed by atoms with van der Waals surface area (Å²) in [5.41, 5.74) is 11.0. The van der Waals surface area contributed by atoms with E-state index < -0.39 is 0 Å². The van der Waals surface area contributed by atoms with Crippen LogP contribution in [0.25, 0.3) is 21.9 Å². The van der Waals surface area contributed by atoms with Gasteiger partial charge >= 0.3 is 0 Å². The lowest BCUT2D eigenvalue weighted by molar-refractivity contribution is 0.0979. The molecule has 0 amide bonds. The zero-order valence-electron chi connectivity index (χ0n) is 19.3. The minimum Gasteiger partial charge on any atom is -0.382 e. The van der Waals surface area contributed by atoms with E-state index in [1.807, 2.05) is 37.3 Å². The number of fused-ring (bicyclic) bond motifs is 3. The van der Waals surface area contributed by atoms with Crippen LogP contribution in [-0.4, -0.2) is 33.4 Å². The highest BCUT2D eigenvalue weighted by molar-refractivity contribution is 6.06. The monoisotopic (exact) mass is 441 g/mol. The summed E-state index contributed by atoms with van der Waals surface area (Å²) in [6.07, 6.45) is 5.99. The van der Waals surface area contributed by atoms with Crippen LogP contribution in [0.2, 0.25) is 0 Å². The molecule has 0 saturated carbocycles. The number of nitrogens with two attached hydrogens (primary N) is 1. The summed E-state index contributed by atoms with van der Waals surface area (Å²) in [4.78, 5) is 24.2. The van der Waals surface area contributed by atoms with E-state index in [0.717, 1.165) is 72.2 Å². The Morgan fingerprint density at radius 2 is 1.73 bits per heavy atom. The van der Waals surface area contributed by atoms with Gasteiger partial charge in [-0.25, -0.2) is 9.97 Å². The predicted octanol–water partition coefficient (Wildman–Crippen LogP) is 5.52. The van der Waals surface area contributed by atoms with E-state index in [1.165, 1.54) is 18.5 Å². The minimum atomic E-state index is 0.233. The van der Waals surface area contributed by atoms with Gasteiger partial charge in [0, 0.05) is 42.7 Å². The Morgan fingerprint density at radius 1 is 0.970 bits per heavy atom. The quantitative estimate of drug-likeness (QED) is 0.288. The Morgan fingerprint density at radius 3 is 2.52 bits per heavy atom. The number of pyridine rings is 1. The molecule has 0 aliphatic carbocycles. The summed E-state index contributed by atoms with van der Waals surface area (Å²) < 4.78 is 2.24. The van der Waals surface area contributed by atoms with E-state index in [9.17, 15) is 4.79 Å². The topological polar surface area (TPSA) is 77.0 Å². The van der Waals surface area contributed by atoms with Crippen LogP contribution in [-0.2, 0) is 6.54 Å². The molecule has 5 rings (SSSR count). The first kappa shape index (κ1) is 21.4. The molecule has 0 unspecified atom stereocenters. The number of ketones is 1. The number of aryl methyl sites for hydroxylation is 2. The third kappa shape index (κ3) is 4.30. The first-order chi connectivity index (χ1) is 16.1. The number of Topliss-reactive ketones (excluding diaryl/α,β-unsaturated/α-hetero) is 1. The third-order valence-corrected chi connectivity index (χ3v) is 6.75. The molecule has 0 bridgehead atoms. The summed E-state index contributed by atoms with van der Waals surface area (Å²) in [5.74, 6) is 1.66. The molecule has 0 radical (unpaired) electrons. The smallest absolute Gasteiger partial charge is 0.162 e. The minimum absolute atomic E-state index is 0.233. The van der Waals surface area contributed by atoms with Crippen molar-refractivity contribution in [1.82, 2.24) is 14.5 Å².